The highest BCUT2D eigenvalue weighted by Crippen LogP contribution is 2.80. The van der Waals surface area contributed by atoms with Crippen LogP contribution in [0.3, 0.4) is 0 Å². The summed E-state index contributed by atoms with van der Waals surface area (Å²) in [5.74, 6) is -0.131. The summed E-state index contributed by atoms with van der Waals surface area (Å²) in [6, 6.07) is 34.3. The molecule has 6 aromatic carbocycles. The Bertz CT molecular complexity index is 2670. The van der Waals surface area contributed by atoms with E-state index in [9.17, 15) is 19.2 Å². The monoisotopic (exact) mass is 614 g/mol. The first kappa shape index (κ1) is 25.1. The predicted octanol–water partition coefficient (Wildman–Crippen LogP) is 8.09. The summed E-state index contributed by atoms with van der Waals surface area (Å²) in [5.41, 5.74) is 16.2. The van der Waals surface area contributed by atoms with Crippen LogP contribution in [0.2, 0.25) is 0 Å². The smallest absolute Gasteiger partial charge is 0.194 e. The van der Waals surface area contributed by atoms with Gasteiger partial charge in [-0.1, -0.05) is 109 Å². The molecule has 4 nitrogen and oxygen atoms in total. The van der Waals surface area contributed by atoms with Gasteiger partial charge < -0.3 is 0 Å². The van der Waals surface area contributed by atoms with Crippen molar-refractivity contribution in [3.8, 4) is 11.1 Å². The molecule has 6 aliphatic rings. The van der Waals surface area contributed by atoms with Gasteiger partial charge in [0, 0.05) is 68.2 Å². The van der Waals surface area contributed by atoms with E-state index in [0.29, 0.717) is 44.5 Å². The van der Waals surface area contributed by atoms with Gasteiger partial charge in [-0.3, -0.25) is 19.2 Å². The van der Waals surface area contributed by atoms with E-state index < -0.39 is 0 Å². The van der Waals surface area contributed by atoms with E-state index in [0.717, 1.165) is 11.1 Å². The van der Waals surface area contributed by atoms with Gasteiger partial charge in [0.2, 0.25) is 0 Å². The molecule has 0 spiro atoms. The fourth-order valence-electron chi connectivity index (χ4n) is 10.1. The molecule has 0 saturated heterocycles. The standard InChI is InChI=1S/C44H22O4/c45-41-21-11-3-5-13-23(21)43(47)30-25(15-7-17-27(30)41)29-19-9-1-2-10-20(19)32-35-34(29)39(35)38-33(37-36(32)40(37)38)26-16-8-18-28-31(26)44(48)24-14-6-4-12-22(24)42(28)46/h1-18,29,33-34,37H. The molecule has 0 amide bonds. The average Bonchev–Trinajstić information content (AvgIpc) is 4.03. The lowest BCUT2D eigenvalue weighted by Crippen LogP contribution is -2.25. The lowest BCUT2D eigenvalue weighted by molar-refractivity contribution is 0.0978. The van der Waals surface area contributed by atoms with Crippen LogP contribution in [0.4, 0.5) is 0 Å². The van der Waals surface area contributed by atoms with Crippen LogP contribution in [0.1, 0.15) is 132 Å². The molecule has 12 rings (SSSR count). The van der Waals surface area contributed by atoms with Crippen LogP contribution in [0.15, 0.2) is 109 Å². The highest BCUT2D eigenvalue weighted by Gasteiger charge is 2.65. The lowest BCUT2D eigenvalue weighted by Gasteiger charge is -2.32. The summed E-state index contributed by atoms with van der Waals surface area (Å²) in [6.45, 7) is 0. The fourth-order valence-corrected chi connectivity index (χ4v) is 10.1. The number of hydrogen-bond acceptors (Lipinski definition) is 4. The minimum absolute atomic E-state index is 0.0187. The van der Waals surface area contributed by atoms with Gasteiger partial charge in [0.15, 0.2) is 23.1 Å². The van der Waals surface area contributed by atoms with Crippen molar-refractivity contribution in [1.82, 2.24) is 0 Å². The van der Waals surface area contributed by atoms with Crippen molar-refractivity contribution in [1.29, 1.82) is 0 Å². The average molecular weight is 615 g/mol. The van der Waals surface area contributed by atoms with Crippen molar-refractivity contribution in [2.75, 3.05) is 0 Å². The van der Waals surface area contributed by atoms with Crippen LogP contribution in [0, 0.1) is 0 Å². The van der Waals surface area contributed by atoms with Crippen LogP contribution in [-0.2, 0) is 0 Å². The molecule has 0 aromatic heterocycles. The van der Waals surface area contributed by atoms with Gasteiger partial charge in [-0.2, -0.15) is 0 Å². The van der Waals surface area contributed by atoms with E-state index in [4.69, 9.17) is 0 Å². The second-order valence-electron chi connectivity index (χ2n) is 13.9. The third kappa shape index (κ3) is 2.67. The summed E-state index contributed by atoms with van der Waals surface area (Å²) in [7, 11) is 0. The molecule has 0 saturated carbocycles. The highest BCUT2D eigenvalue weighted by molar-refractivity contribution is 6.30. The summed E-state index contributed by atoms with van der Waals surface area (Å²) >= 11 is 0. The van der Waals surface area contributed by atoms with Crippen molar-refractivity contribution in [2.24, 2.45) is 0 Å². The Morgan fingerprint density at radius 2 is 0.646 bits per heavy atom. The zero-order valence-electron chi connectivity index (χ0n) is 25.3. The molecule has 0 aliphatic heterocycles. The first-order valence-corrected chi connectivity index (χ1v) is 16.5. The molecule has 6 aromatic rings. The van der Waals surface area contributed by atoms with E-state index in [1.54, 1.807) is 36.4 Å². The molecule has 0 bridgehead atoms. The van der Waals surface area contributed by atoms with Crippen LogP contribution < -0.4 is 0 Å². The summed E-state index contributed by atoms with van der Waals surface area (Å²) in [6.07, 6.45) is 0. The minimum atomic E-state index is -0.113. The quantitative estimate of drug-likeness (QED) is 0.197. The molecule has 222 valence electrons. The van der Waals surface area contributed by atoms with Gasteiger partial charge in [-0.25, -0.2) is 0 Å². The number of fused-ring (bicyclic) bond motifs is 10. The minimum Gasteiger partial charge on any atom is -0.289 e. The molecule has 4 atom stereocenters. The molecule has 0 radical (unpaired) electrons. The Balaban J connectivity index is 1.04. The van der Waals surface area contributed by atoms with Gasteiger partial charge in [0.25, 0.3) is 0 Å². The van der Waals surface area contributed by atoms with Crippen molar-refractivity contribution < 1.29 is 19.2 Å². The summed E-state index contributed by atoms with van der Waals surface area (Å²) in [4.78, 5) is 55.6. The fraction of sp³-hybridized carbons (Fsp3) is 0.0909. The first-order valence-electron chi connectivity index (χ1n) is 16.5. The highest BCUT2D eigenvalue weighted by atomic mass is 16.1. The van der Waals surface area contributed by atoms with E-state index in [-0.39, 0.29) is 46.8 Å². The Hall–Kier alpha value is -6.00. The molecule has 4 heteroatoms. The molecule has 6 aliphatic carbocycles. The lowest BCUT2D eigenvalue weighted by atomic mass is 9.69. The topological polar surface area (TPSA) is 68.3 Å². The SMILES string of the molecule is O=C1c2ccccc2C(=O)c2c1cccc2C1c2ccccc2-c2c3c(c4c5c2C5C4c2cccc4c2C(=O)c2ccccc2C4=O)C31. The van der Waals surface area contributed by atoms with Crippen molar-refractivity contribution >= 4 is 23.1 Å². The molecule has 48 heavy (non-hydrogen) atoms. The number of hydrogen-bond donors (Lipinski definition) is 0. The maximum Gasteiger partial charge on any atom is 0.194 e. The molecular weight excluding hydrogens is 592 g/mol. The zero-order chi connectivity index (χ0) is 31.7. The summed E-state index contributed by atoms with van der Waals surface area (Å²) < 4.78 is 0. The Kier molecular flexibility index (Phi) is 4.24. The molecule has 0 N–H and O–H groups in total. The molecule has 0 heterocycles. The number of ketones is 4. The normalized spacial score (nSPS) is 21.9. The van der Waals surface area contributed by atoms with Gasteiger partial charge in [0.1, 0.15) is 0 Å². The second-order valence-corrected chi connectivity index (χ2v) is 13.9. The molecule has 0 fully saturated rings. The van der Waals surface area contributed by atoms with E-state index in [1.165, 1.54) is 44.5 Å². The number of carbonyl (C=O) groups excluding carboxylic acids is 4. The number of rotatable bonds is 2. The van der Waals surface area contributed by atoms with Gasteiger partial charge in [-0.15, -0.1) is 0 Å². The maximum absolute atomic E-state index is 14.2. The zero-order valence-corrected chi connectivity index (χ0v) is 25.3. The van der Waals surface area contributed by atoms with Crippen LogP contribution >= 0.6 is 0 Å². The van der Waals surface area contributed by atoms with Crippen molar-refractivity contribution in [2.45, 2.75) is 23.7 Å². The Labute approximate surface area is 274 Å². The Morgan fingerprint density at radius 3 is 1.19 bits per heavy atom. The third-order valence-electron chi connectivity index (χ3n) is 12.0. The van der Waals surface area contributed by atoms with Crippen LogP contribution in [0.5, 0.6) is 0 Å². The second kappa shape index (κ2) is 8.10. The maximum atomic E-state index is 14.2. The third-order valence-corrected chi connectivity index (χ3v) is 12.0. The van der Waals surface area contributed by atoms with Gasteiger partial charge >= 0.3 is 0 Å². The van der Waals surface area contributed by atoms with Crippen LogP contribution in [-0.4, -0.2) is 23.1 Å². The molecule has 4 unspecified atom stereocenters. The predicted molar refractivity (Wildman–Crippen MR) is 179 cm³/mol. The number of benzene rings is 6. The van der Waals surface area contributed by atoms with Crippen molar-refractivity contribution in [3.63, 3.8) is 0 Å². The van der Waals surface area contributed by atoms with E-state index in [1.807, 2.05) is 48.5 Å². The Morgan fingerprint density at radius 1 is 0.271 bits per heavy atom. The van der Waals surface area contributed by atoms with E-state index in [2.05, 4.69) is 24.3 Å². The largest absolute Gasteiger partial charge is 0.289 e. The first-order chi connectivity index (χ1) is 23.6. The van der Waals surface area contributed by atoms with Crippen molar-refractivity contribution in [3.05, 3.63) is 198 Å². The number of carbonyl (C=O) groups is 4. The van der Waals surface area contributed by atoms with Gasteiger partial charge in [-0.05, 0) is 55.6 Å². The summed E-state index contributed by atoms with van der Waals surface area (Å²) in [5, 5.41) is 0. The van der Waals surface area contributed by atoms with E-state index >= 15 is 0 Å². The molecular formula is C44H22O4. The van der Waals surface area contributed by atoms with Crippen LogP contribution in [0.25, 0.3) is 11.1 Å². The van der Waals surface area contributed by atoms with Gasteiger partial charge in [0.05, 0.1) is 0 Å².